The maximum atomic E-state index is 12.4. The zero-order chi connectivity index (χ0) is 13.7. The Morgan fingerprint density at radius 2 is 2.05 bits per heavy atom. The van der Waals surface area contributed by atoms with Crippen LogP contribution in [-0.4, -0.2) is 72.6 Å². The van der Waals surface area contributed by atoms with Crippen LogP contribution in [0.5, 0.6) is 0 Å². The van der Waals surface area contributed by atoms with Gasteiger partial charge in [0.25, 0.3) is 0 Å². The Morgan fingerprint density at radius 3 is 2.74 bits per heavy atom. The number of rotatable bonds is 3. The van der Waals surface area contributed by atoms with Crippen LogP contribution in [0.15, 0.2) is 0 Å². The molecule has 2 aliphatic rings. The molecule has 1 unspecified atom stereocenters. The average molecular weight is 286 g/mol. The summed E-state index contributed by atoms with van der Waals surface area (Å²) in [4.78, 5) is 17.0. The number of thioether (sulfide) groups is 1. The first-order valence-corrected chi connectivity index (χ1v) is 8.52. The van der Waals surface area contributed by atoms with E-state index in [1.807, 2.05) is 25.6 Å². The van der Waals surface area contributed by atoms with Gasteiger partial charge in [-0.05, 0) is 12.2 Å². The fourth-order valence-corrected chi connectivity index (χ4v) is 3.74. The fourth-order valence-electron chi connectivity index (χ4n) is 2.68. The van der Waals surface area contributed by atoms with Gasteiger partial charge in [-0.2, -0.15) is 11.8 Å². The zero-order valence-corrected chi connectivity index (χ0v) is 13.0. The summed E-state index contributed by atoms with van der Waals surface area (Å²) in [5.74, 6) is 2.69. The Kier molecular flexibility index (Phi) is 5.98. The molecule has 2 fully saturated rings. The van der Waals surface area contributed by atoms with Crippen LogP contribution in [0.1, 0.15) is 20.3 Å². The summed E-state index contributed by atoms with van der Waals surface area (Å²) in [6.45, 7) is 9.62. The normalized spacial score (nSPS) is 26.5. The van der Waals surface area contributed by atoms with Gasteiger partial charge in [-0.25, -0.2) is 0 Å². The van der Waals surface area contributed by atoms with Gasteiger partial charge in [-0.15, -0.1) is 0 Å². The second-order valence-corrected chi connectivity index (χ2v) is 6.83. The molecule has 1 atom stereocenters. The zero-order valence-electron chi connectivity index (χ0n) is 12.1. The van der Waals surface area contributed by atoms with E-state index in [-0.39, 0.29) is 5.92 Å². The van der Waals surface area contributed by atoms with Gasteiger partial charge in [-0.1, -0.05) is 13.8 Å². The third kappa shape index (κ3) is 4.36. The summed E-state index contributed by atoms with van der Waals surface area (Å²) in [6.07, 6.45) is 1.13. The lowest BCUT2D eigenvalue weighted by Gasteiger charge is -2.36. The smallest absolute Gasteiger partial charge is 0.225 e. The number of ether oxygens (including phenoxy) is 1. The van der Waals surface area contributed by atoms with E-state index in [1.54, 1.807) is 0 Å². The number of hydrogen-bond donors (Lipinski definition) is 0. The maximum Gasteiger partial charge on any atom is 0.225 e. The summed E-state index contributed by atoms with van der Waals surface area (Å²) >= 11 is 1.99. The molecule has 0 aliphatic carbocycles. The van der Waals surface area contributed by atoms with Crippen LogP contribution in [0.3, 0.4) is 0 Å². The number of nitrogens with zero attached hydrogens (tertiary/aromatic N) is 2. The minimum absolute atomic E-state index is 0.107. The monoisotopic (exact) mass is 286 g/mol. The molecular weight excluding hydrogens is 260 g/mol. The molecule has 4 nitrogen and oxygen atoms in total. The molecule has 2 aliphatic heterocycles. The molecule has 0 aromatic heterocycles. The van der Waals surface area contributed by atoms with E-state index in [0.29, 0.717) is 11.9 Å². The predicted octanol–water partition coefficient (Wildman–Crippen LogP) is 1.31. The Balaban J connectivity index is 1.97. The average Bonchev–Trinajstić information content (AvgIpc) is 2.64. The molecule has 0 aromatic rings. The highest BCUT2D eigenvalue weighted by Gasteiger charge is 2.29. The van der Waals surface area contributed by atoms with Gasteiger partial charge in [0.1, 0.15) is 0 Å². The lowest BCUT2D eigenvalue weighted by Crippen LogP contribution is -2.51. The number of carbonyl (C=O) groups is 1. The number of carbonyl (C=O) groups excluding carboxylic acids is 1. The van der Waals surface area contributed by atoms with Crippen LogP contribution < -0.4 is 0 Å². The highest BCUT2D eigenvalue weighted by atomic mass is 32.2. The van der Waals surface area contributed by atoms with Crippen molar-refractivity contribution in [2.24, 2.45) is 5.92 Å². The second kappa shape index (κ2) is 7.50. The van der Waals surface area contributed by atoms with Crippen LogP contribution in [0.25, 0.3) is 0 Å². The van der Waals surface area contributed by atoms with Gasteiger partial charge >= 0.3 is 0 Å². The third-order valence-corrected chi connectivity index (χ3v) is 4.99. The van der Waals surface area contributed by atoms with E-state index in [4.69, 9.17) is 4.74 Å². The molecular formula is C14H26N2O2S. The molecule has 0 spiro atoms. The summed E-state index contributed by atoms with van der Waals surface area (Å²) in [5, 5.41) is 0. The van der Waals surface area contributed by atoms with Crippen molar-refractivity contribution in [1.29, 1.82) is 0 Å². The first-order chi connectivity index (χ1) is 9.18. The second-order valence-electron chi connectivity index (χ2n) is 5.68. The summed E-state index contributed by atoms with van der Waals surface area (Å²) in [5.41, 5.74) is 0. The van der Waals surface area contributed by atoms with Crippen molar-refractivity contribution in [1.82, 2.24) is 9.80 Å². The molecule has 5 heteroatoms. The van der Waals surface area contributed by atoms with Crippen molar-refractivity contribution in [3.8, 4) is 0 Å². The van der Waals surface area contributed by atoms with Crippen molar-refractivity contribution in [3.05, 3.63) is 0 Å². The van der Waals surface area contributed by atoms with Gasteiger partial charge in [0, 0.05) is 37.8 Å². The Bertz CT molecular complexity index is 293. The summed E-state index contributed by atoms with van der Waals surface area (Å²) in [7, 11) is 0. The minimum Gasteiger partial charge on any atom is -0.379 e. The Morgan fingerprint density at radius 1 is 1.32 bits per heavy atom. The molecule has 2 saturated heterocycles. The van der Waals surface area contributed by atoms with E-state index in [1.165, 1.54) is 5.75 Å². The van der Waals surface area contributed by atoms with E-state index in [2.05, 4.69) is 9.80 Å². The molecule has 0 saturated carbocycles. The lowest BCUT2D eigenvalue weighted by atomic mass is 10.1. The first kappa shape index (κ1) is 15.1. The van der Waals surface area contributed by atoms with Gasteiger partial charge in [-0.3, -0.25) is 9.69 Å². The van der Waals surface area contributed by atoms with Crippen LogP contribution in [0.2, 0.25) is 0 Å². The largest absolute Gasteiger partial charge is 0.379 e. The van der Waals surface area contributed by atoms with Crippen molar-refractivity contribution in [2.75, 3.05) is 50.9 Å². The molecule has 0 bridgehead atoms. The van der Waals surface area contributed by atoms with E-state index in [0.717, 1.165) is 51.6 Å². The molecule has 19 heavy (non-hydrogen) atoms. The highest BCUT2D eigenvalue weighted by Crippen LogP contribution is 2.19. The molecule has 0 aromatic carbocycles. The van der Waals surface area contributed by atoms with Crippen LogP contribution in [0, 0.1) is 5.92 Å². The molecule has 0 radical (unpaired) electrons. The van der Waals surface area contributed by atoms with Crippen molar-refractivity contribution < 1.29 is 9.53 Å². The van der Waals surface area contributed by atoms with Crippen molar-refractivity contribution in [2.45, 2.75) is 26.3 Å². The Labute approximate surface area is 120 Å². The topological polar surface area (TPSA) is 32.8 Å². The number of morpholine rings is 1. The first-order valence-electron chi connectivity index (χ1n) is 7.37. The standard InChI is InChI=1S/C14H26N2O2S/c1-12(2)14(17)16-4-3-9-19-11-13(16)10-15-5-7-18-8-6-15/h12-13H,3-11H2,1-2H3. The minimum atomic E-state index is 0.107. The summed E-state index contributed by atoms with van der Waals surface area (Å²) in [6, 6.07) is 0.375. The molecule has 1 amide bonds. The van der Waals surface area contributed by atoms with Gasteiger partial charge in [0.05, 0.1) is 19.3 Å². The highest BCUT2D eigenvalue weighted by molar-refractivity contribution is 7.99. The van der Waals surface area contributed by atoms with Crippen LogP contribution in [0.4, 0.5) is 0 Å². The quantitative estimate of drug-likeness (QED) is 0.783. The number of amides is 1. The fraction of sp³-hybridized carbons (Fsp3) is 0.929. The third-order valence-electron chi connectivity index (χ3n) is 3.79. The van der Waals surface area contributed by atoms with Gasteiger partial charge < -0.3 is 9.64 Å². The van der Waals surface area contributed by atoms with Crippen LogP contribution in [-0.2, 0) is 9.53 Å². The van der Waals surface area contributed by atoms with Gasteiger partial charge in [0.15, 0.2) is 0 Å². The van der Waals surface area contributed by atoms with Crippen molar-refractivity contribution >= 4 is 17.7 Å². The molecule has 110 valence electrons. The lowest BCUT2D eigenvalue weighted by molar-refractivity contribution is -0.136. The molecule has 0 N–H and O–H groups in total. The maximum absolute atomic E-state index is 12.4. The van der Waals surface area contributed by atoms with Crippen LogP contribution >= 0.6 is 11.8 Å². The van der Waals surface area contributed by atoms with Gasteiger partial charge in [0.2, 0.25) is 5.91 Å². The van der Waals surface area contributed by atoms with E-state index >= 15 is 0 Å². The van der Waals surface area contributed by atoms with Crippen molar-refractivity contribution in [3.63, 3.8) is 0 Å². The van der Waals surface area contributed by atoms with E-state index in [9.17, 15) is 4.79 Å². The Hall–Kier alpha value is -0.260. The molecule has 2 heterocycles. The van der Waals surface area contributed by atoms with E-state index < -0.39 is 0 Å². The number of hydrogen-bond acceptors (Lipinski definition) is 4. The SMILES string of the molecule is CC(C)C(=O)N1CCCSCC1CN1CCOCC1. The molecule has 2 rings (SSSR count). The predicted molar refractivity (Wildman–Crippen MR) is 79.5 cm³/mol. The summed E-state index contributed by atoms with van der Waals surface area (Å²) < 4.78 is 5.40.